The van der Waals surface area contributed by atoms with E-state index >= 15 is 0 Å². The Labute approximate surface area is 288 Å². The molecule has 1 aliphatic carbocycles. The van der Waals surface area contributed by atoms with Gasteiger partial charge in [-0.25, -0.2) is 17.6 Å². The molecular formula is C36H37FN2O10S. The summed E-state index contributed by atoms with van der Waals surface area (Å²) in [5.41, 5.74) is 3.32. The Balaban J connectivity index is 1.23. The first-order valence-electron chi connectivity index (χ1n) is 15.9. The number of anilines is 1. The number of amides is 1. The number of ketones is 1. The van der Waals surface area contributed by atoms with Crippen LogP contribution in [0.3, 0.4) is 0 Å². The van der Waals surface area contributed by atoms with Gasteiger partial charge in [-0.2, -0.15) is 0 Å². The van der Waals surface area contributed by atoms with Gasteiger partial charge in [-0.3, -0.25) is 13.9 Å². The fraction of sp³-hybridized carbons (Fsp3) is 0.306. The average Bonchev–Trinajstić information content (AvgIpc) is 3.86. The molecule has 0 aliphatic heterocycles. The molecule has 14 heteroatoms. The summed E-state index contributed by atoms with van der Waals surface area (Å²) in [6.07, 6.45) is 4.02. The molecule has 0 saturated heterocycles. The Bertz CT molecular complexity index is 2040. The minimum absolute atomic E-state index is 0.0347. The van der Waals surface area contributed by atoms with Gasteiger partial charge >= 0.3 is 5.97 Å². The van der Waals surface area contributed by atoms with E-state index in [0.717, 1.165) is 24.7 Å². The highest BCUT2D eigenvalue weighted by Crippen LogP contribution is 2.48. The number of sulfonamides is 1. The van der Waals surface area contributed by atoms with Crippen LogP contribution in [-0.2, 0) is 35.7 Å². The van der Waals surface area contributed by atoms with Crippen LogP contribution in [0.15, 0.2) is 71.2 Å². The van der Waals surface area contributed by atoms with Crippen molar-refractivity contribution in [1.82, 2.24) is 5.32 Å². The fourth-order valence-electron chi connectivity index (χ4n) is 5.50. The van der Waals surface area contributed by atoms with Gasteiger partial charge in [0.2, 0.25) is 10.0 Å². The standard InChI is InChI=1S/C36H37FN2O10S/c1-38-35(42)33-28-18-27(23-7-8-23)29(19-32(28)49-34(33)24-9-11-26(37)12-10-24)39(50(2,45)46)13-16-47-14-4-15-48-21-22-5-3-6-25(17-22)30(40)20-31(41)36(43)44/h3,5-6,9-12,17-20,23,40H,4,7-8,13-16,21H2,1-2H3,(H,38,42)(H,43,44)/b30-20-. The lowest BCUT2D eigenvalue weighted by Gasteiger charge is -2.25. The van der Waals surface area contributed by atoms with E-state index in [-0.39, 0.29) is 48.5 Å². The van der Waals surface area contributed by atoms with Crippen molar-refractivity contribution < 1.29 is 51.3 Å². The highest BCUT2D eigenvalue weighted by atomic mass is 32.2. The molecule has 0 unspecified atom stereocenters. The second-order valence-electron chi connectivity index (χ2n) is 11.8. The topological polar surface area (TPSA) is 173 Å². The number of nitrogens with one attached hydrogen (secondary N) is 1. The molecule has 3 N–H and O–H groups in total. The Morgan fingerprint density at radius 3 is 2.40 bits per heavy atom. The largest absolute Gasteiger partial charge is 0.507 e. The van der Waals surface area contributed by atoms with Crippen LogP contribution in [0.2, 0.25) is 0 Å². The number of aliphatic hydroxyl groups excluding tert-OH is 1. The number of benzene rings is 3. The average molecular weight is 709 g/mol. The van der Waals surface area contributed by atoms with Gasteiger partial charge in [0, 0.05) is 48.9 Å². The maximum atomic E-state index is 13.7. The van der Waals surface area contributed by atoms with Crippen molar-refractivity contribution in [2.24, 2.45) is 0 Å². The highest BCUT2D eigenvalue weighted by Gasteiger charge is 2.33. The molecule has 4 aromatic rings. The first-order chi connectivity index (χ1) is 23.9. The molecule has 264 valence electrons. The third kappa shape index (κ3) is 8.75. The molecule has 1 heterocycles. The van der Waals surface area contributed by atoms with E-state index in [2.05, 4.69) is 5.32 Å². The van der Waals surface area contributed by atoms with Crippen molar-refractivity contribution in [1.29, 1.82) is 0 Å². The van der Waals surface area contributed by atoms with Crippen LogP contribution in [0.4, 0.5) is 10.1 Å². The van der Waals surface area contributed by atoms with Crippen LogP contribution in [-0.4, -0.2) is 76.0 Å². The van der Waals surface area contributed by atoms with Gasteiger partial charge in [0.15, 0.2) is 0 Å². The van der Waals surface area contributed by atoms with Crippen molar-refractivity contribution in [2.75, 3.05) is 44.0 Å². The number of aliphatic hydroxyl groups is 1. The number of carbonyl (C=O) groups is 3. The Kier molecular flexibility index (Phi) is 11.3. The highest BCUT2D eigenvalue weighted by molar-refractivity contribution is 7.92. The first kappa shape index (κ1) is 36.2. The Morgan fingerprint density at radius 2 is 1.74 bits per heavy atom. The van der Waals surface area contributed by atoms with E-state index in [0.29, 0.717) is 53.5 Å². The summed E-state index contributed by atoms with van der Waals surface area (Å²) in [6, 6.07) is 15.6. The summed E-state index contributed by atoms with van der Waals surface area (Å²) in [7, 11) is -2.25. The lowest BCUT2D eigenvalue weighted by Crippen LogP contribution is -2.34. The number of rotatable bonds is 17. The molecule has 0 radical (unpaired) electrons. The SMILES string of the molecule is CNC(=O)c1c(-c2ccc(F)cc2)oc2cc(N(CCOCCCOCc3cccc(/C(O)=C/C(=O)C(=O)O)c3)S(C)(=O)=O)c(C3CC3)cc12. The zero-order chi connectivity index (χ0) is 36.0. The second-order valence-corrected chi connectivity index (χ2v) is 13.7. The van der Waals surface area contributed by atoms with Crippen molar-refractivity contribution in [3.05, 3.63) is 94.8 Å². The number of hydrogen-bond acceptors (Lipinski definition) is 9. The molecule has 0 atom stereocenters. The summed E-state index contributed by atoms with van der Waals surface area (Å²) in [5.74, 6) is -3.82. The van der Waals surface area contributed by atoms with Crippen molar-refractivity contribution in [3.8, 4) is 11.3 Å². The monoisotopic (exact) mass is 708 g/mol. The quantitative estimate of drug-likeness (QED) is 0.0557. The van der Waals surface area contributed by atoms with Gasteiger partial charge in [-0.15, -0.1) is 0 Å². The maximum absolute atomic E-state index is 13.7. The van der Waals surface area contributed by atoms with Crippen molar-refractivity contribution >= 4 is 50.1 Å². The number of nitrogens with zero attached hydrogens (tertiary/aromatic N) is 1. The van der Waals surface area contributed by atoms with E-state index in [9.17, 15) is 32.3 Å². The molecular weight excluding hydrogens is 671 g/mol. The van der Waals surface area contributed by atoms with Crippen molar-refractivity contribution in [3.63, 3.8) is 0 Å². The lowest BCUT2D eigenvalue weighted by molar-refractivity contribution is -0.146. The molecule has 50 heavy (non-hydrogen) atoms. The number of furan rings is 1. The van der Waals surface area contributed by atoms with Crippen LogP contribution in [0.1, 0.15) is 52.2 Å². The number of carboxylic acid groups (broad SMARTS) is 1. The number of carbonyl (C=O) groups excluding carboxylic acids is 2. The number of carboxylic acids is 1. The molecule has 1 fully saturated rings. The minimum atomic E-state index is -3.75. The van der Waals surface area contributed by atoms with Crippen LogP contribution in [0.5, 0.6) is 0 Å². The van der Waals surface area contributed by atoms with Gasteiger partial charge in [-0.1, -0.05) is 18.2 Å². The zero-order valence-corrected chi connectivity index (χ0v) is 28.3. The van der Waals surface area contributed by atoms with E-state index < -0.39 is 33.4 Å². The summed E-state index contributed by atoms with van der Waals surface area (Å²) >= 11 is 0. The van der Waals surface area contributed by atoms with Gasteiger partial charge in [0.05, 0.1) is 37.3 Å². The number of halogens is 1. The normalized spacial score (nSPS) is 13.4. The predicted molar refractivity (Wildman–Crippen MR) is 184 cm³/mol. The molecule has 1 saturated carbocycles. The van der Waals surface area contributed by atoms with E-state index in [1.807, 2.05) is 6.07 Å². The Hall–Kier alpha value is -5.05. The molecule has 1 amide bonds. The number of aliphatic carboxylic acids is 1. The summed E-state index contributed by atoms with van der Waals surface area (Å²) < 4.78 is 58.7. The smallest absolute Gasteiger partial charge is 0.376 e. The maximum Gasteiger partial charge on any atom is 0.376 e. The molecule has 3 aromatic carbocycles. The molecule has 0 bridgehead atoms. The van der Waals surface area contributed by atoms with Crippen molar-refractivity contribution in [2.45, 2.75) is 31.8 Å². The van der Waals surface area contributed by atoms with Crippen LogP contribution in [0, 0.1) is 5.82 Å². The van der Waals surface area contributed by atoms with Gasteiger partial charge in [0.25, 0.3) is 11.7 Å². The fourth-order valence-corrected chi connectivity index (χ4v) is 6.42. The third-order valence-electron chi connectivity index (χ3n) is 8.07. The lowest BCUT2D eigenvalue weighted by atomic mass is 10.0. The van der Waals surface area contributed by atoms with E-state index in [1.165, 1.54) is 41.7 Å². The molecule has 12 nitrogen and oxygen atoms in total. The van der Waals surface area contributed by atoms with E-state index in [4.69, 9.17) is 19.0 Å². The number of fused-ring (bicyclic) bond motifs is 1. The van der Waals surface area contributed by atoms with E-state index in [1.54, 1.807) is 24.3 Å². The summed E-state index contributed by atoms with van der Waals surface area (Å²) in [6.45, 7) is 0.943. The van der Waals surface area contributed by atoms with Gasteiger partial charge in [0.1, 0.15) is 22.9 Å². The number of hydrogen-bond donors (Lipinski definition) is 3. The Morgan fingerprint density at radius 1 is 1.02 bits per heavy atom. The summed E-state index contributed by atoms with van der Waals surface area (Å²) in [5, 5.41) is 21.9. The molecule has 1 aliphatic rings. The predicted octanol–water partition coefficient (Wildman–Crippen LogP) is 5.42. The van der Waals surface area contributed by atoms with Gasteiger partial charge < -0.3 is 29.4 Å². The van der Waals surface area contributed by atoms with Crippen LogP contribution < -0.4 is 9.62 Å². The van der Waals surface area contributed by atoms with Crippen LogP contribution >= 0.6 is 0 Å². The second kappa shape index (κ2) is 15.7. The third-order valence-corrected chi connectivity index (χ3v) is 9.25. The van der Waals surface area contributed by atoms with Gasteiger partial charge in [-0.05, 0) is 72.7 Å². The molecule has 1 aromatic heterocycles. The first-order valence-corrected chi connectivity index (χ1v) is 17.7. The summed E-state index contributed by atoms with van der Waals surface area (Å²) in [4.78, 5) is 35.1. The molecule has 5 rings (SSSR count). The number of ether oxygens (including phenoxy) is 2. The minimum Gasteiger partial charge on any atom is -0.507 e. The zero-order valence-electron chi connectivity index (χ0n) is 27.5. The molecule has 0 spiro atoms. The van der Waals surface area contributed by atoms with Crippen LogP contribution in [0.25, 0.3) is 28.1 Å².